The first kappa shape index (κ1) is 20.1. The summed E-state index contributed by atoms with van der Waals surface area (Å²) in [5.41, 5.74) is 1.45. The van der Waals surface area contributed by atoms with Gasteiger partial charge in [-0.05, 0) is 38.1 Å². The van der Waals surface area contributed by atoms with Crippen molar-refractivity contribution in [3.63, 3.8) is 0 Å². The van der Waals surface area contributed by atoms with Crippen LogP contribution < -0.4 is 5.32 Å². The Morgan fingerprint density at radius 3 is 2.81 bits per heavy atom. The Morgan fingerprint density at radius 1 is 1.16 bits per heavy atom. The van der Waals surface area contributed by atoms with Crippen LogP contribution in [0.2, 0.25) is 0 Å². The molecule has 3 aromatic rings. The summed E-state index contributed by atoms with van der Waals surface area (Å²) in [5, 5.41) is 5.56. The van der Waals surface area contributed by atoms with Crippen molar-refractivity contribution in [3.05, 3.63) is 35.0 Å². The number of hydrogen-bond donors (Lipinski definition) is 1. The van der Waals surface area contributed by atoms with Crippen LogP contribution >= 0.6 is 11.3 Å². The standard InChI is InChI=1S/C23H25N5O3S/c1-23(2)30-18-16(10-9-15-8-5-11-32-15)29-22(19(18)31-23)28-13-26-17-20(24-12-25-21(17)28)27-14-6-3-4-7-14/h5,8,11-14,16,18-19,22H,3-4,6-7H2,1-2H3,(H,24,25,27)/t16-,18-,19-,22-/m1/s1. The first-order chi connectivity index (χ1) is 15.6. The van der Waals surface area contributed by atoms with E-state index in [-0.39, 0.29) is 12.2 Å². The first-order valence-corrected chi connectivity index (χ1v) is 12.0. The van der Waals surface area contributed by atoms with Crippen LogP contribution in [0.3, 0.4) is 0 Å². The molecule has 2 saturated heterocycles. The van der Waals surface area contributed by atoms with Gasteiger partial charge in [0.1, 0.15) is 24.6 Å². The van der Waals surface area contributed by atoms with E-state index in [1.54, 1.807) is 24.0 Å². The van der Waals surface area contributed by atoms with Gasteiger partial charge in [-0.15, -0.1) is 11.3 Å². The van der Waals surface area contributed by atoms with Gasteiger partial charge in [0.05, 0.1) is 11.2 Å². The monoisotopic (exact) mass is 451 g/mol. The molecule has 3 aromatic heterocycles. The molecule has 0 aromatic carbocycles. The van der Waals surface area contributed by atoms with Crippen LogP contribution in [-0.4, -0.2) is 49.7 Å². The Hall–Kier alpha value is -2.51. The molecule has 4 atom stereocenters. The fraction of sp³-hybridized carbons (Fsp3) is 0.522. The summed E-state index contributed by atoms with van der Waals surface area (Å²) in [6.45, 7) is 3.84. The number of imidazole rings is 1. The topological polar surface area (TPSA) is 83.3 Å². The summed E-state index contributed by atoms with van der Waals surface area (Å²) >= 11 is 1.61. The third-order valence-electron chi connectivity index (χ3n) is 6.22. The highest BCUT2D eigenvalue weighted by atomic mass is 32.1. The molecule has 9 heteroatoms. The molecule has 1 N–H and O–H groups in total. The van der Waals surface area contributed by atoms with Gasteiger partial charge in [0.25, 0.3) is 0 Å². The molecule has 0 unspecified atom stereocenters. The molecule has 0 radical (unpaired) electrons. The minimum atomic E-state index is -0.708. The Labute approximate surface area is 190 Å². The van der Waals surface area contributed by atoms with E-state index in [1.165, 1.54) is 12.8 Å². The second-order valence-corrected chi connectivity index (χ2v) is 9.88. The average Bonchev–Trinajstić information content (AvgIpc) is 3.56. The zero-order valence-electron chi connectivity index (χ0n) is 18.0. The lowest BCUT2D eigenvalue weighted by molar-refractivity contribution is -0.190. The second kappa shape index (κ2) is 7.81. The van der Waals surface area contributed by atoms with Crippen LogP contribution in [0.5, 0.6) is 0 Å². The number of nitrogens with one attached hydrogen (secondary N) is 1. The average molecular weight is 452 g/mol. The van der Waals surface area contributed by atoms with Gasteiger partial charge in [-0.3, -0.25) is 4.57 Å². The number of thiophene rings is 1. The van der Waals surface area contributed by atoms with Crippen LogP contribution in [-0.2, 0) is 14.2 Å². The molecule has 5 heterocycles. The molecule has 1 aliphatic carbocycles. The van der Waals surface area contributed by atoms with Gasteiger partial charge in [-0.2, -0.15) is 0 Å². The van der Waals surface area contributed by atoms with E-state index in [0.717, 1.165) is 29.1 Å². The van der Waals surface area contributed by atoms with E-state index in [0.29, 0.717) is 11.7 Å². The van der Waals surface area contributed by atoms with Gasteiger partial charge in [-0.1, -0.05) is 30.7 Å². The Kier molecular flexibility index (Phi) is 4.91. The van der Waals surface area contributed by atoms with E-state index < -0.39 is 18.1 Å². The fourth-order valence-electron chi connectivity index (χ4n) is 4.82. The fourth-order valence-corrected chi connectivity index (χ4v) is 5.39. The Bertz CT molecular complexity index is 1180. The van der Waals surface area contributed by atoms with Gasteiger partial charge in [-0.25, -0.2) is 15.0 Å². The molecular formula is C23H25N5O3S. The highest BCUT2D eigenvalue weighted by molar-refractivity contribution is 7.10. The lowest BCUT2D eigenvalue weighted by atomic mass is 10.1. The van der Waals surface area contributed by atoms with Gasteiger partial charge < -0.3 is 19.5 Å². The predicted octanol–water partition coefficient (Wildman–Crippen LogP) is 3.71. The summed E-state index contributed by atoms with van der Waals surface area (Å²) in [7, 11) is 0. The van der Waals surface area contributed by atoms with Crippen LogP contribution in [0.4, 0.5) is 5.82 Å². The van der Waals surface area contributed by atoms with Gasteiger partial charge in [0.15, 0.2) is 29.0 Å². The van der Waals surface area contributed by atoms with Crippen molar-refractivity contribution in [3.8, 4) is 11.8 Å². The zero-order valence-corrected chi connectivity index (χ0v) is 18.8. The molecule has 2 aliphatic heterocycles. The summed E-state index contributed by atoms with van der Waals surface area (Å²) in [4.78, 5) is 14.6. The molecule has 0 amide bonds. The van der Waals surface area contributed by atoms with Gasteiger partial charge >= 0.3 is 0 Å². The summed E-state index contributed by atoms with van der Waals surface area (Å²) < 4.78 is 20.7. The SMILES string of the molecule is CC1(C)O[C@@H]2[C@H](O1)[C@@H](C#Cc1cccs1)O[C@H]2n1cnc2c(NC3CCCC3)ncnc21. The molecule has 0 bridgehead atoms. The van der Waals surface area contributed by atoms with E-state index in [4.69, 9.17) is 14.2 Å². The molecule has 0 spiro atoms. The molecule has 8 nitrogen and oxygen atoms in total. The molecule has 3 fully saturated rings. The Balaban J connectivity index is 1.33. The smallest absolute Gasteiger partial charge is 0.167 e. The summed E-state index contributed by atoms with van der Waals surface area (Å²) in [5.74, 6) is 6.52. The van der Waals surface area contributed by atoms with Crippen LogP contribution in [0.25, 0.3) is 11.2 Å². The van der Waals surface area contributed by atoms with E-state index in [9.17, 15) is 0 Å². The lowest BCUT2D eigenvalue weighted by Gasteiger charge is -2.23. The lowest BCUT2D eigenvalue weighted by Crippen LogP contribution is -2.28. The number of ether oxygens (including phenoxy) is 3. The number of hydrogen-bond acceptors (Lipinski definition) is 8. The third kappa shape index (κ3) is 3.57. The zero-order chi connectivity index (χ0) is 21.7. The Morgan fingerprint density at radius 2 is 2.00 bits per heavy atom. The van der Waals surface area contributed by atoms with Crippen molar-refractivity contribution in [2.45, 2.75) is 75.9 Å². The first-order valence-electron chi connectivity index (χ1n) is 11.1. The number of nitrogens with zero attached hydrogens (tertiary/aromatic N) is 4. The number of fused-ring (bicyclic) bond motifs is 2. The maximum atomic E-state index is 6.37. The van der Waals surface area contributed by atoms with Crippen molar-refractivity contribution in [2.24, 2.45) is 0 Å². The summed E-state index contributed by atoms with van der Waals surface area (Å²) in [6.07, 6.45) is 6.69. The number of rotatable bonds is 3. The molecule has 3 aliphatic rings. The quantitative estimate of drug-likeness (QED) is 0.608. The predicted molar refractivity (Wildman–Crippen MR) is 120 cm³/mol. The minimum absolute atomic E-state index is 0.294. The number of aromatic nitrogens is 4. The molecular weight excluding hydrogens is 426 g/mol. The van der Waals surface area contributed by atoms with Crippen molar-refractivity contribution in [2.75, 3.05) is 5.32 Å². The molecule has 32 heavy (non-hydrogen) atoms. The maximum Gasteiger partial charge on any atom is 0.167 e. The van der Waals surface area contributed by atoms with Crippen molar-refractivity contribution in [1.82, 2.24) is 19.5 Å². The second-order valence-electron chi connectivity index (χ2n) is 8.93. The van der Waals surface area contributed by atoms with Gasteiger partial charge in [0, 0.05) is 6.04 Å². The van der Waals surface area contributed by atoms with E-state index in [1.807, 2.05) is 35.9 Å². The molecule has 166 valence electrons. The van der Waals surface area contributed by atoms with Crippen LogP contribution in [0.15, 0.2) is 30.2 Å². The largest absolute Gasteiger partial charge is 0.365 e. The minimum Gasteiger partial charge on any atom is -0.365 e. The van der Waals surface area contributed by atoms with Crippen molar-refractivity contribution < 1.29 is 14.2 Å². The maximum absolute atomic E-state index is 6.37. The van der Waals surface area contributed by atoms with Crippen molar-refractivity contribution >= 4 is 28.3 Å². The molecule has 1 saturated carbocycles. The van der Waals surface area contributed by atoms with E-state index >= 15 is 0 Å². The summed E-state index contributed by atoms with van der Waals surface area (Å²) in [6, 6.07) is 4.42. The highest BCUT2D eigenvalue weighted by Crippen LogP contribution is 2.43. The van der Waals surface area contributed by atoms with Gasteiger partial charge in [0.2, 0.25) is 0 Å². The van der Waals surface area contributed by atoms with Crippen molar-refractivity contribution in [1.29, 1.82) is 0 Å². The third-order valence-corrected chi connectivity index (χ3v) is 7.00. The van der Waals surface area contributed by atoms with E-state index in [2.05, 4.69) is 32.1 Å². The molecule has 6 rings (SSSR count). The van der Waals surface area contributed by atoms with Crippen LogP contribution in [0.1, 0.15) is 50.6 Å². The number of anilines is 1. The normalized spacial score (nSPS) is 29.2. The highest BCUT2D eigenvalue weighted by Gasteiger charge is 2.56. The van der Waals surface area contributed by atoms with Crippen LogP contribution in [0, 0.1) is 11.8 Å².